The van der Waals surface area contributed by atoms with Gasteiger partial charge in [0.2, 0.25) is 11.8 Å². The summed E-state index contributed by atoms with van der Waals surface area (Å²) in [7, 11) is 0. The van der Waals surface area contributed by atoms with Crippen molar-refractivity contribution in [2.45, 2.75) is 49.8 Å². The Kier molecular flexibility index (Phi) is 8.33. The number of esters is 1. The highest BCUT2D eigenvalue weighted by molar-refractivity contribution is 5.99. The van der Waals surface area contributed by atoms with Crippen LogP contribution in [0.1, 0.15) is 30.9 Å². The summed E-state index contributed by atoms with van der Waals surface area (Å²) in [5, 5.41) is 21.1. The van der Waals surface area contributed by atoms with Crippen LogP contribution in [0.2, 0.25) is 0 Å². The lowest BCUT2D eigenvalue weighted by molar-refractivity contribution is -0.159. The van der Waals surface area contributed by atoms with Crippen LogP contribution in [0.3, 0.4) is 0 Å². The van der Waals surface area contributed by atoms with Gasteiger partial charge in [-0.3, -0.25) is 19.2 Å². The molecule has 13 heteroatoms. The molecule has 5 heterocycles. The Balaban J connectivity index is 1.28. The molecule has 0 radical (unpaired) electrons. The van der Waals surface area contributed by atoms with E-state index >= 15 is 0 Å². The van der Waals surface area contributed by atoms with E-state index in [1.54, 1.807) is 21.7 Å². The van der Waals surface area contributed by atoms with Crippen LogP contribution in [0.25, 0.3) is 11.0 Å². The van der Waals surface area contributed by atoms with Gasteiger partial charge in [-0.25, -0.2) is 4.68 Å². The molecule has 47 heavy (non-hydrogen) atoms. The molecule has 3 aromatic rings. The fourth-order valence-electron chi connectivity index (χ4n) is 7.22. The third-order valence-electron chi connectivity index (χ3n) is 9.42. The van der Waals surface area contributed by atoms with Crippen LogP contribution >= 0.6 is 0 Å². The smallest absolute Gasteiger partial charge is 0.313 e. The molecule has 2 N–H and O–H groups in total. The van der Waals surface area contributed by atoms with Crippen molar-refractivity contribution in [1.29, 1.82) is 0 Å². The number of amides is 3. The summed E-state index contributed by atoms with van der Waals surface area (Å²) < 4.78 is 14.2. The molecule has 244 valence electrons. The summed E-state index contributed by atoms with van der Waals surface area (Å²) in [4.78, 5) is 58.8. The van der Waals surface area contributed by atoms with E-state index in [0.29, 0.717) is 17.5 Å². The Morgan fingerprint density at radius 3 is 2.64 bits per heavy atom. The summed E-state index contributed by atoms with van der Waals surface area (Å²) in [5.41, 5.74) is 0.685. The summed E-state index contributed by atoms with van der Waals surface area (Å²) in [6, 6.07) is 15.4. The minimum atomic E-state index is -1.41. The maximum absolute atomic E-state index is 14.8. The number of fused-ring (bicyclic) bond motifs is 3. The SMILES string of the molecule is O=C1CC/C=C\CN(Cn2nnc3ccccc32)C(=O)[C@@H]2N(CCCO)C(=O)[C@H]3[C@H](C(=O)O[C@H](c4ccccc4)CN1)[C@@H]1C=C[C@]23O1. The molecule has 4 aliphatic rings. The second-order valence-corrected chi connectivity index (χ2v) is 12.2. The van der Waals surface area contributed by atoms with Gasteiger partial charge in [-0.1, -0.05) is 72.0 Å². The molecular formula is C34H36N6O7. The lowest BCUT2D eigenvalue weighted by Gasteiger charge is -2.35. The zero-order chi connectivity index (χ0) is 32.5. The molecule has 0 unspecified atom stereocenters. The average Bonchev–Trinajstić information content (AvgIpc) is 3.84. The van der Waals surface area contributed by atoms with Crippen molar-refractivity contribution in [2.75, 3.05) is 26.2 Å². The number of rotatable bonds is 6. The van der Waals surface area contributed by atoms with Gasteiger partial charge in [-0.05, 0) is 30.5 Å². The highest BCUT2D eigenvalue weighted by Gasteiger charge is 2.73. The summed E-state index contributed by atoms with van der Waals surface area (Å²) in [5.74, 6) is -3.67. The van der Waals surface area contributed by atoms with Crippen molar-refractivity contribution in [3.8, 4) is 0 Å². The van der Waals surface area contributed by atoms with Gasteiger partial charge in [0.25, 0.3) is 5.91 Å². The number of hydrogen-bond acceptors (Lipinski definition) is 9. The average molecular weight is 641 g/mol. The number of aliphatic hydroxyl groups is 1. The lowest BCUT2D eigenvalue weighted by Crippen LogP contribution is -2.56. The Hall–Kier alpha value is -4.88. The van der Waals surface area contributed by atoms with Gasteiger partial charge in [0.1, 0.15) is 35.9 Å². The standard InChI is InChI=1S/C34H36N6O7/c41-19-9-18-39-30-32(44)38(21-40-24-13-7-6-12-23(24)36-37-40)17-8-2-5-14-27(42)35-20-26(22-10-3-1-4-11-22)46-33(45)28-25-15-16-34(30,47-25)29(28)31(39)43/h1-4,6-8,10-13,15-16,25-26,28-30,41H,5,9,14,17-21H2,(H,35,42)/b8-2-/t25-,26-,28+,29+,30-,34+/m0/s1. The number of nitrogens with one attached hydrogen (secondary N) is 1. The molecule has 2 aromatic carbocycles. The van der Waals surface area contributed by atoms with E-state index in [4.69, 9.17) is 9.47 Å². The molecule has 4 aliphatic heterocycles. The first-order valence-corrected chi connectivity index (χ1v) is 15.9. The van der Waals surface area contributed by atoms with Crippen molar-refractivity contribution >= 4 is 34.7 Å². The first-order valence-electron chi connectivity index (χ1n) is 15.9. The van der Waals surface area contributed by atoms with Crippen LogP contribution in [0, 0.1) is 11.8 Å². The summed E-state index contributed by atoms with van der Waals surface area (Å²) in [6.07, 6.45) is 6.41. The number of aromatic nitrogens is 3. The van der Waals surface area contributed by atoms with Gasteiger partial charge >= 0.3 is 5.97 Å². The Morgan fingerprint density at radius 1 is 1.00 bits per heavy atom. The predicted molar refractivity (Wildman–Crippen MR) is 167 cm³/mol. The Morgan fingerprint density at radius 2 is 1.81 bits per heavy atom. The molecule has 0 aliphatic carbocycles. The minimum Gasteiger partial charge on any atom is -0.455 e. The number of carbonyl (C=O) groups excluding carboxylic acids is 4. The van der Waals surface area contributed by atoms with Crippen LogP contribution in [0.4, 0.5) is 0 Å². The van der Waals surface area contributed by atoms with Crippen molar-refractivity contribution in [3.63, 3.8) is 0 Å². The number of nitrogens with zero attached hydrogens (tertiary/aromatic N) is 5. The zero-order valence-corrected chi connectivity index (χ0v) is 25.7. The Labute approximate surface area is 270 Å². The Bertz CT molecular complexity index is 1740. The van der Waals surface area contributed by atoms with Gasteiger partial charge in [0.05, 0.1) is 24.1 Å². The number of benzene rings is 2. The number of para-hydroxylation sites is 1. The van der Waals surface area contributed by atoms with E-state index in [1.807, 2.05) is 66.7 Å². The third-order valence-corrected chi connectivity index (χ3v) is 9.42. The van der Waals surface area contributed by atoms with Crippen molar-refractivity contribution < 1.29 is 33.8 Å². The second-order valence-electron chi connectivity index (χ2n) is 12.2. The van der Waals surface area contributed by atoms with Gasteiger partial charge in [-0.15, -0.1) is 5.10 Å². The number of hydrogen-bond donors (Lipinski definition) is 2. The van der Waals surface area contributed by atoms with Gasteiger partial charge in [0.15, 0.2) is 0 Å². The zero-order valence-electron chi connectivity index (χ0n) is 25.7. The van der Waals surface area contributed by atoms with E-state index in [-0.39, 0.29) is 51.7 Å². The lowest BCUT2D eigenvalue weighted by atomic mass is 9.74. The van der Waals surface area contributed by atoms with E-state index in [1.165, 1.54) is 4.90 Å². The molecule has 7 rings (SSSR count). The first kappa shape index (κ1) is 30.8. The maximum Gasteiger partial charge on any atom is 0.313 e. The molecule has 2 fully saturated rings. The molecule has 6 atom stereocenters. The van der Waals surface area contributed by atoms with E-state index in [2.05, 4.69) is 15.6 Å². The van der Waals surface area contributed by atoms with Gasteiger partial charge < -0.3 is 29.7 Å². The van der Waals surface area contributed by atoms with E-state index < -0.39 is 53.5 Å². The molecule has 1 spiro atoms. The largest absolute Gasteiger partial charge is 0.455 e. The molecule has 13 nitrogen and oxygen atoms in total. The molecule has 3 amide bonds. The van der Waals surface area contributed by atoms with Crippen molar-refractivity contribution in [1.82, 2.24) is 30.1 Å². The molecular weight excluding hydrogens is 604 g/mol. The van der Waals surface area contributed by atoms with Crippen LogP contribution in [0.15, 0.2) is 78.9 Å². The van der Waals surface area contributed by atoms with E-state index in [0.717, 1.165) is 5.52 Å². The normalized spacial score (nSPS) is 30.1. The number of carbonyl (C=O) groups is 4. The quantitative estimate of drug-likeness (QED) is 0.301. The number of allylic oxidation sites excluding steroid dienone is 1. The van der Waals surface area contributed by atoms with Gasteiger partial charge in [0, 0.05) is 26.1 Å². The van der Waals surface area contributed by atoms with E-state index in [9.17, 15) is 24.3 Å². The number of cyclic esters (lactones) is 1. The summed E-state index contributed by atoms with van der Waals surface area (Å²) in [6.45, 7) is 0.153. The predicted octanol–water partition coefficient (Wildman–Crippen LogP) is 1.50. The fourth-order valence-corrected chi connectivity index (χ4v) is 7.22. The van der Waals surface area contributed by atoms with Crippen LogP contribution in [0.5, 0.6) is 0 Å². The second kappa shape index (κ2) is 12.7. The van der Waals surface area contributed by atoms with Crippen molar-refractivity contribution in [3.05, 3.63) is 84.5 Å². The molecule has 2 saturated heterocycles. The number of ether oxygens (including phenoxy) is 2. The van der Waals surface area contributed by atoms with Crippen LogP contribution in [-0.4, -0.2) is 97.6 Å². The monoisotopic (exact) mass is 640 g/mol. The van der Waals surface area contributed by atoms with Crippen LogP contribution in [-0.2, 0) is 35.3 Å². The van der Waals surface area contributed by atoms with Crippen molar-refractivity contribution in [2.24, 2.45) is 11.8 Å². The fraction of sp³-hybridized carbons (Fsp3) is 0.412. The third kappa shape index (κ3) is 5.48. The topological polar surface area (TPSA) is 156 Å². The molecule has 0 saturated carbocycles. The number of likely N-dealkylation sites (tertiary alicyclic amines) is 1. The van der Waals surface area contributed by atoms with Gasteiger partial charge in [-0.2, -0.15) is 0 Å². The first-order chi connectivity index (χ1) is 22.9. The molecule has 5 bridgehead atoms. The van der Waals surface area contributed by atoms with Crippen LogP contribution < -0.4 is 5.32 Å². The minimum absolute atomic E-state index is 0.0286. The highest BCUT2D eigenvalue weighted by atomic mass is 16.6. The maximum atomic E-state index is 14.8. The summed E-state index contributed by atoms with van der Waals surface area (Å²) >= 11 is 0. The highest BCUT2D eigenvalue weighted by Crippen LogP contribution is 2.55. The molecule has 1 aromatic heterocycles. The number of aliphatic hydroxyl groups excluding tert-OH is 1.